The molecule has 0 heterocycles. The maximum Gasteiger partial charge on any atom is 0.198 e. The van der Waals surface area contributed by atoms with Gasteiger partial charge in [0.2, 0.25) is 0 Å². The van der Waals surface area contributed by atoms with Crippen LogP contribution < -0.4 is 10.4 Å². The van der Waals surface area contributed by atoms with Crippen LogP contribution in [-0.4, -0.2) is 17.9 Å². The lowest BCUT2D eigenvalue weighted by Crippen LogP contribution is -2.14. The number of para-hydroxylation sites is 1. The summed E-state index contributed by atoms with van der Waals surface area (Å²) < 4.78 is 13.3. The number of hydrogen-bond acceptors (Lipinski definition) is 2. The van der Waals surface area contributed by atoms with Gasteiger partial charge in [-0.05, 0) is 37.1 Å². The molecule has 20 heavy (non-hydrogen) atoms. The Morgan fingerprint density at radius 2 is 1.50 bits per heavy atom. The first-order valence-electron chi connectivity index (χ1n) is 6.83. The highest BCUT2D eigenvalue weighted by Gasteiger charge is 2.23. The first-order chi connectivity index (χ1) is 9.74. The van der Waals surface area contributed by atoms with Gasteiger partial charge in [0.05, 0.1) is 0 Å². The van der Waals surface area contributed by atoms with Gasteiger partial charge in [0.15, 0.2) is 7.29 Å². The molecule has 0 spiro atoms. The minimum absolute atomic E-state index is 0.139. The van der Waals surface area contributed by atoms with Crippen LogP contribution in [0, 0.1) is 0 Å². The van der Waals surface area contributed by atoms with Gasteiger partial charge < -0.3 is 10.2 Å². The van der Waals surface area contributed by atoms with Gasteiger partial charge in [-0.2, -0.15) is 0 Å². The molecule has 2 rings (SSSR count). The van der Waals surface area contributed by atoms with E-state index in [-0.39, 0.29) is 6.61 Å². The van der Waals surface area contributed by atoms with Crippen LogP contribution in [0.3, 0.4) is 0 Å². The molecule has 0 saturated heterocycles. The molecule has 2 aromatic carbocycles. The van der Waals surface area contributed by atoms with Gasteiger partial charge in [-0.1, -0.05) is 36.4 Å². The molecule has 4 heteroatoms. The second-order valence-electron chi connectivity index (χ2n) is 4.71. The van der Waals surface area contributed by atoms with Gasteiger partial charge >= 0.3 is 0 Å². The van der Waals surface area contributed by atoms with Crippen molar-refractivity contribution in [1.82, 2.24) is 0 Å². The average Bonchev–Trinajstić information content (AvgIpc) is 2.49. The van der Waals surface area contributed by atoms with Gasteiger partial charge in [-0.25, -0.2) is 0 Å². The molecule has 0 aliphatic carbocycles. The third-order valence-electron chi connectivity index (χ3n) is 3.14. The van der Waals surface area contributed by atoms with Crippen molar-refractivity contribution in [3.8, 4) is 0 Å². The van der Waals surface area contributed by atoms with E-state index < -0.39 is 7.29 Å². The van der Waals surface area contributed by atoms with Crippen molar-refractivity contribution in [2.24, 2.45) is 0 Å². The molecule has 1 unspecified atom stereocenters. The molecule has 1 atom stereocenters. The van der Waals surface area contributed by atoms with Crippen LogP contribution in [0.1, 0.15) is 12.8 Å². The lowest BCUT2D eigenvalue weighted by atomic mass is 10.3. The van der Waals surface area contributed by atoms with Gasteiger partial charge in [-0.3, -0.25) is 4.57 Å². The van der Waals surface area contributed by atoms with Crippen molar-refractivity contribution in [3.63, 3.8) is 0 Å². The van der Waals surface area contributed by atoms with Gasteiger partial charge in [0, 0.05) is 23.8 Å². The predicted octanol–water partition coefficient (Wildman–Crippen LogP) is 3.47. The van der Waals surface area contributed by atoms with E-state index in [9.17, 15) is 4.57 Å². The summed E-state index contributed by atoms with van der Waals surface area (Å²) in [6, 6.07) is 19.1. The number of benzene rings is 2. The molecule has 0 aliphatic rings. The number of unbranched alkanes of at least 4 members (excludes halogenated alkanes) is 1. The Morgan fingerprint density at radius 1 is 0.900 bits per heavy atom. The van der Waals surface area contributed by atoms with E-state index in [0.29, 0.717) is 12.6 Å². The normalized spacial score (nSPS) is 13.7. The fourth-order valence-electron chi connectivity index (χ4n) is 2.09. The van der Waals surface area contributed by atoms with E-state index in [1.807, 2.05) is 60.7 Å². The lowest BCUT2D eigenvalue weighted by molar-refractivity contribution is 0.287. The second-order valence-corrected chi connectivity index (χ2v) is 7.37. The number of anilines is 1. The van der Waals surface area contributed by atoms with Crippen LogP contribution in [0.4, 0.5) is 5.69 Å². The van der Waals surface area contributed by atoms with Crippen LogP contribution in [0.2, 0.25) is 0 Å². The molecular weight excluding hydrogens is 269 g/mol. The summed E-state index contributed by atoms with van der Waals surface area (Å²) >= 11 is 0. The standard InChI is InChI=1S/C16H20NO2P/c18-13-7-8-14-20(19,16-11-5-2-6-12-16)17-15-9-3-1-4-10-15/h1-6,9-12,18H,7-8,13-14H2,(H,17,19). The highest BCUT2D eigenvalue weighted by atomic mass is 31.2. The van der Waals surface area contributed by atoms with E-state index in [0.717, 1.165) is 17.4 Å². The van der Waals surface area contributed by atoms with Gasteiger partial charge in [0.1, 0.15) is 0 Å². The first kappa shape index (κ1) is 14.8. The Bertz CT molecular complexity index is 557. The molecular formula is C16H20NO2P. The largest absolute Gasteiger partial charge is 0.396 e. The summed E-state index contributed by atoms with van der Waals surface area (Å²) in [5.41, 5.74) is 0.865. The monoisotopic (exact) mass is 289 g/mol. The van der Waals surface area contributed by atoms with Crippen molar-refractivity contribution in [2.75, 3.05) is 17.9 Å². The zero-order chi connectivity index (χ0) is 14.3. The quantitative estimate of drug-likeness (QED) is 0.606. The number of aliphatic hydroxyl groups is 1. The number of nitrogens with one attached hydrogen (secondary N) is 1. The zero-order valence-corrected chi connectivity index (χ0v) is 12.3. The molecule has 0 saturated carbocycles. The molecule has 0 bridgehead atoms. The smallest absolute Gasteiger partial charge is 0.198 e. The fourth-order valence-corrected chi connectivity index (χ4v) is 4.47. The summed E-state index contributed by atoms with van der Waals surface area (Å²) in [7, 11) is -2.68. The van der Waals surface area contributed by atoms with E-state index in [1.54, 1.807) is 0 Å². The first-order valence-corrected chi connectivity index (χ1v) is 8.73. The molecule has 0 aromatic heterocycles. The summed E-state index contributed by atoms with van der Waals surface area (Å²) in [6.07, 6.45) is 1.96. The summed E-state index contributed by atoms with van der Waals surface area (Å²) in [6.45, 7) is 0.139. The Morgan fingerprint density at radius 3 is 2.10 bits per heavy atom. The van der Waals surface area contributed by atoms with Crippen LogP contribution in [-0.2, 0) is 4.57 Å². The molecule has 0 amide bonds. The minimum Gasteiger partial charge on any atom is -0.396 e. The topological polar surface area (TPSA) is 49.3 Å². The molecule has 0 aliphatic heterocycles. The summed E-state index contributed by atoms with van der Waals surface area (Å²) in [5, 5.41) is 13.0. The van der Waals surface area contributed by atoms with Crippen LogP contribution >= 0.6 is 7.29 Å². The predicted molar refractivity (Wildman–Crippen MR) is 84.9 cm³/mol. The fraction of sp³-hybridized carbons (Fsp3) is 0.250. The Labute approximate surface area is 120 Å². The third-order valence-corrected chi connectivity index (χ3v) is 5.84. The number of aliphatic hydroxyl groups excluding tert-OH is 1. The maximum absolute atomic E-state index is 13.3. The highest BCUT2D eigenvalue weighted by molar-refractivity contribution is 7.73. The van der Waals surface area contributed by atoms with Gasteiger partial charge in [-0.15, -0.1) is 0 Å². The molecule has 3 nitrogen and oxygen atoms in total. The molecule has 0 radical (unpaired) electrons. The van der Waals surface area contributed by atoms with E-state index in [2.05, 4.69) is 5.09 Å². The molecule has 0 fully saturated rings. The Kier molecular flexibility index (Phi) is 5.40. The van der Waals surface area contributed by atoms with E-state index in [1.165, 1.54) is 0 Å². The van der Waals surface area contributed by atoms with Crippen molar-refractivity contribution >= 4 is 18.3 Å². The second kappa shape index (κ2) is 7.28. The van der Waals surface area contributed by atoms with Crippen molar-refractivity contribution in [2.45, 2.75) is 12.8 Å². The third kappa shape index (κ3) is 3.96. The number of rotatable bonds is 7. The van der Waals surface area contributed by atoms with Crippen molar-refractivity contribution in [1.29, 1.82) is 0 Å². The Hall–Kier alpha value is -1.57. The minimum atomic E-state index is -2.68. The van der Waals surface area contributed by atoms with E-state index in [4.69, 9.17) is 5.11 Å². The molecule has 106 valence electrons. The summed E-state index contributed by atoms with van der Waals surface area (Å²) in [4.78, 5) is 0. The highest BCUT2D eigenvalue weighted by Crippen LogP contribution is 2.45. The Balaban J connectivity index is 2.22. The van der Waals surface area contributed by atoms with E-state index >= 15 is 0 Å². The SMILES string of the molecule is O=P(CCCCO)(Nc1ccccc1)c1ccccc1. The number of hydrogen-bond donors (Lipinski definition) is 2. The average molecular weight is 289 g/mol. The zero-order valence-electron chi connectivity index (χ0n) is 11.4. The van der Waals surface area contributed by atoms with Crippen molar-refractivity contribution < 1.29 is 9.67 Å². The van der Waals surface area contributed by atoms with Gasteiger partial charge in [0.25, 0.3) is 0 Å². The summed E-state index contributed by atoms with van der Waals surface area (Å²) in [5.74, 6) is 0. The molecule has 2 aromatic rings. The van der Waals surface area contributed by atoms with Crippen LogP contribution in [0.5, 0.6) is 0 Å². The van der Waals surface area contributed by atoms with Crippen LogP contribution in [0.25, 0.3) is 0 Å². The van der Waals surface area contributed by atoms with Crippen molar-refractivity contribution in [3.05, 3.63) is 60.7 Å². The maximum atomic E-state index is 13.3. The van der Waals surface area contributed by atoms with Crippen LogP contribution in [0.15, 0.2) is 60.7 Å². The lowest BCUT2D eigenvalue weighted by Gasteiger charge is -2.21. The molecule has 2 N–H and O–H groups in total.